The number of hydrogen-bond acceptors (Lipinski definition) is 2. The molecule has 3 rings (SSSR count). The van der Waals surface area contributed by atoms with E-state index in [1.807, 2.05) is 18.2 Å². The summed E-state index contributed by atoms with van der Waals surface area (Å²) in [5, 5.41) is 5.33. The Morgan fingerprint density at radius 3 is 2.65 bits per heavy atom. The number of carbonyl (C=O) groups is 1. The van der Waals surface area contributed by atoms with Crippen molar-refractivity contribution >= 4 is 16.7 Å². The normalized spacial score (nSPS) is 20.7. The van der Waals surface area contributed by atoms with Gasteiger partial charge in [-0.25, -0.2) is 0 Å². The van der Waals surface area contributed by atoms with Crippen molar-refractivity contribution in [1.29, 1.82) is 0 Å². The third-order valence-corrected chi connectivity index (χ3v) is 4.02. The van der Waals surface area contributed by atoms with Crippen LogP contribution in [0.4, 0.5) is 0 Å². The highest BCUT2D eigenvalue weighted by molar-refractivity contribution is 5.85. The maximum absolute atomic E-state index is 11.8. The molecule has 0 unspecified atom stereocenters. The minimum absolute atomic E-state index is 0.187. The first-order valence-electron chi connectivity index (χ1n) is 7.02. The smallest absolute Gasteiger partial charge is 0.223 e. The number of methoxy groups -OCH3 is 1. The quantitative estimate of drug-likeness (QED) is 0.926. The molecule has 3 heteroatoms. The molecule has 2 atom stereocenters. The van der Waals surface area contributed by atoms with Crippen molar-refractivity contribution in [3.63, 3.8) is 0 Å². The van der Waals surface area contributed by atoms with Crippen LogP contribution in [0.2, 0.25) is 0 Å². The molecule has 0 radical (unpaired) electrons. The molecule has 0 spiro atoms. The summed E-state index contributed by atoms with van der Waals surface area (Å²) in [6, 6.07) is 12.3. The van der Waals surface area contributed by atoms with E-state index in [0.29, 0.717) is 12.5 Å². The van der Waals surface area contributed by atoms with Crippen LogP contribution in [0.5, 0.6) is 5.75 Å². The average Bonchev–Trinajstić information content (AvgIpc) is 3.21. The lowest BCUT2D eigenvalue weighted by atomic mass is 10.1. The molecule has 0 aromatic heterocycles. The number of carbonyl (C=O) groups excluding carboxylic acids is 1. The fourth-order valence-corrected chi connectivity index (χ4v) is 2.52. The molecule has 20 heavy (non-hydrogen) atoms. The van der Waals surface area contributed by atoms with E-state index in [1.54, 1.807) is 7.11 Å². The molecule has 3 nitrogen and oxygen atoms in total. The fourth-order valence-electron chi connectivity index (χ4n) is 2.52. The first kappa shape index (κ1) is 13.0. The van der Waals surface area contributed by atoms with Crippen molar-refractivity contribution in [3.8, 4) is 5.75 Å². The van der Waals surface area contributed by atoms with E-state index in [1.165, 1.54) is 0 Å². The predicted molar refractivity (Wildman–Crippen MR) is 79.6 cm³/mol. The summed E-state index contributed by atoms with van der Waals surface area (Å²) in [5.74, 6) is 1.84. The fraction of sp³-hybridized carbons (Fsp3) is 0.353. The lowest BCUT2D eigenvalue weighted by Gasteiger charge is -2.07. The molecule has 1 fully saturated rings. The summed E-state index contributed by atoms with van der Waals surface area (Å²) in [6.07, 6.45) is 1.03. The zero-order chi connectivity index (χ0) is 14.1. The average molecular weight is 269 g/mol. The van der Waals surface area contributed by atoms with Gasteiger partial charge in [-0.05, 0) is 46.9 Å². The lowest BCUT2D eigenvalue weighted by Crippen LogP contribution is -2.24. The van der Waals surface area contributed by atoms with Gasteiger partial charge in [-0.2, -0.15) is 0 Å². The first-order chi connectivity index (χ1) is 9.67. The molecule has 1 amide bonds. The Morgan fingerprint density at radius 1 is 1.25 bits per heavy atom. The molecule has 0 aliphatic heterocycles. The van der Waals surface area contributed by atoms with Crippen molar-refractivity contribution < 1.29 is 9.53 Å². The van der Waals surface area contributed by atoms with E-state index < -0.39 is 0 Å². The summed E-state index contributed by atoms with van der Waals surface area (Å²) in [7, 11) is 1.67. The van der Waals surface area contributed by atoms with E-state index in [9.17, 15) is 4.79 Å². The van der Waals surface area contributed by atoms with E-state index in [-0.39, 0.29) is 11.8 Å². The van der Waals surface area contributed by atoms with Gasteiger partial charge in [-0.15, -0.1) is 0 Å². The third kappa shape index (κ3) is 2.62. The Morgan fingerprint density at radius 2 is 1.95 bits per heavy atom. The SMILES string of the molecule is COc1ccc2cc(CNC(=O)[C@H]3C[C@@H]3C)ccc2c1. The van der Waals surface area contributed by atoms with Crippen LogP contribution in [-0.2, 0) is 11.3 Å². The lowest BCUT2D eigenvalue weighted by molar-refractivity contribution is -0.122. The Labute approximate surface area is 118 Å². The first-order valence-corrected chi connectivity index (χ1v) is 7.02. The summed E-state index contributed by atoms with van der Waals surface area (Å²) in [5.41, 5.74) is 1.13. The van der Waals surface area contributed by atoms with E-state index in [4.69, 9.17) is 4.74 Å². The Bertz CT molecular complexity index is 650. The largest absolute Gasteiger partial charge is 0.497 e. The predicted octanol–water partition coefficient (Wildman–Crippen LogP) is 3.12. The number of benzene rings is 2. The maximum Gasteiger partial charge on any atom is 0.223 e. The zero-order valence-electron chi connectivity index (χ0n) is 11.8. The molecular formula is C17H19NO2. The molecule has 0 bridgehead atoms. The number of fused-ring (bicyclic) bond motifs is 1. The Kier molecular flexibility index (Phi) is 3.35. The molecule has 1 aliphatic rings. The third-order valence-electron chi connectivity index (χ3n) is 4.02. The molecule has 0 heterocycles. The minimum atomic E-state index is 0.187. The summed E-state index contributed by atoms with van der Waals surface area (Å²) < 4.78 is 5.22. The second-order valence-corrected chi connectivity index (χ2v) is 5.58. The van der Waals surface area contributed by atoms with Crippen LogP contribution >= 0.6 is 0 Å². The topological polar surface area (TPSA) is 38.3 Å². The van der Waals surface area contributed by atoms with Gasteiger partial charge in [0.05, 0.1) is 7.11 Å². The van der Waals surface area contributed by atoms with Crippen molar-refractivity contribution in [1.82, 2.24) is 5.32 Å². The number of hydrogen-bond donors (Lipinski definition) is 1. The van der Waals surface area contributed by atoms with Crippen LogP contribution in [-0.4, -0.2) is 13.0 Å². The van der Waals surface area contributed by atoms with Crippen LogP contribution in [0.1, 0.15) is 18.9 Å². The van der Waals surface area contributed by atoms with Gasteiger partial charge < -0.3 is 10.1 Å². The van der Waals surface area contributed by atoms with Crippen molar-refractivity contribution in [3.05, 3.63) is 42.0 Å². The molecule has 0 saturated heterocycles. The standard InChI is InChI=1S/C17H19NO2/c1-11-7-16(11)17(19)18-10-12-3-4-14-9-15(20-2)6-5-13(14)8-12/h3-6,8-9,11,16H,7,10H2,1-2H3,(H,18,19)/t11-,16-/m0/s1. The number of ether oxygens (including phenoxy) is 1. The monoisotopic (exact) mass is 269 g/mol. The Balaban J connectivity index is 1.71. The number of amides is 1. The van der Waals surface area contributed by atoms with E-state index in [2.05, 4.69) is 30.4 Å². The van der Waals surface area contributed by atoms with Gasteiger partial charge in [0, 0.05) is 12.5 Å². The van der Waals surface area contributed by atoms with Gasteiger partial charge >= 0.3 is 0 Å². The summed E-state index contributed by atoms with van der Waals surface area (Å²) >= 11 is 0. The van der Waals surface area contributed by atoms with Crippen molar-refractivity contribution in [2.75, 3.05) is 7.11 Å². The molecule has 1 aliphatic carbocycles. The highest BCUT2D eigenvalue weighted by Crippen LogP contribution is 2.37. The van der Waals surface area contributed by atoms with Crippen molar-refractivity contribution in [2.45, 2.75) is 19.9 Å². The van der Waals surface area contributed by atoms with Gasteiger partial charge in [0.1, 0.15) is 5.75 Å². The van der Waals surface area contributed by atoms with E-state index in [0.717, 1.165) is 28.5 Å². The van der Waals surface area contributed by atoms with Gasteiger partial charge in [-0.1, -0.05) is 25.1 Å². The zero-order valence-corrected chi connectivity index (χ0v) is 11.8. The van der Waals surface area contributed by atoms with E-state index >= 15 is 0 Å². The second kappa shape index (κ2) is 5.16. The van der Waals surface area contributed by atoms with Crippen LogP contribution in [0.25, 0.3) is 10.8 Å². The van der Waals surface area contributed by atoms with Gasteiger partial charge in [0.25, 0.3) is 0 Å². The summed E-state index contributed by atoms with van der Waals surface area (Å²) in [4.78, 5) is 11.8. The summed E-state index contributed by atoms with van der Waals surface area (Å²) in [6.45, 7) is 2.72. The van der Waals surface area contributed by atoms with Gasteiger partial charge in [0.2, 0.25) is 5.91 Å². The van der Waals surface area contributed by atoms with Crippen LogP contribution in [0.3, 0.4) is 0 Å². The maximum atomic E-state index is 11.8. The van der Waals surface area contributed by atoms with Gasteiger partial charge in [-0.3, -0.25) is 4.79 Å². The van der Waals surface area contributed by atoms with Gasteiger partial charge in [0.15, 0.2) is 0 Å². The Hall–Kier alpha value is -2.03. The highest BCUT2D eigenvalue weighted by Gasteiger charge is 2.38. The highest BCUT2D eigenvalue weighted by atomic mass is 16.5. The molecule has 1 N–H and O–H groups in total. The van der Waals surface area contributed by atoms with Crippen LogP contribution < -0.4 is 10.1 Å². The van der Waals surface area contributed by atoms with Crippen LogP contribution in [0.15, 0.2) is 36.4 Å². The van der Waals surface area contributed by atoms with Crippen LogP contribution in [0, 0.1) is 11.8 Å². The molecular weight excluding hydrogens is 250 g/mol. The van der Waals surface area contributed by atoms with Crippen molar-refractivity contribution in [2.24, 2.45) is 11.8 Å². The number of rotatable bonds is 4. The minimum Gasteiger partial charge on any atom is -0.497 e. The molecule has 2 aromatic rings. The molecule has 104 valence electrons. The number of nitrogens with one attached hydrogen (secondary N) is 1. The molecule has 1 saturated carbocycles. The molecule has 2 aromatic carbocycles. The second-order valence-electron chi connectivity index (χ2n) is 5.58.